The van der Waals surface area contributed by atoms with Gasteiger partial charge in [0.1, 0.15) is 5.75 Å². The van der Waals surface area contributed by atoms with Gasteiger partial charge in [-0.2, -0.15) is 0 Å². The minimum atomic E-state index is -0.903. The van der Waals surface area contributed by atoms with Gasteiger partial charge in [-0.15, -0.1) is 0 Å². The van der Waals surface area contributed by atoms with Crippen molar-refractivity contribution in [1.82, 2.24) is 0 Å². The first kappa shape index (κ1) is 11.9. The Morgan fingerprint density at radius 3 is 2.67 bits per heavy atom. The first-order valence-corrected chi connectivity index (χ1v) is 5.01. The molecule has 1 atom stereocenters. The molecule has 0 spiro atoms. The van der Waals surface area contributed by atoms with Crippen molar-refractivity contribution in [2.24, 2.45) is 0 Å². The molecule has 0 saturated heterocycles. The number of rotatable bonds is 3. The number of hydrogen-bond acceptors (Lipinski definition) is 2. The lowest BCUT2D eigenvalue weighted by Gasteiger charge is -2.14. The van der Waals surface area contributed by atoms with Gasteiger partial charge in [0.25, 0.3) is 0 Å². The zero-order valence-electron chi connectivity index (χ0n) is 8.62. The van der Waals surface area contributed by atoms with Crippen molar-refractivity contribution in [3.8, 4) is 5.75 Å². The number of hydrogen-bond donors (Lipinski definition) is 2. The van der Waals surface area contributed by atoms with Gasteiger partial charge in [-0.1, -0.05) is 24.6 Å². The summed E-state index contributed by atoms with van der Waals surface area (Å²) in [5, 5.41) is 18.9. The van der Waals surface area contributed by atoms with Crippen molar-refractivity contribution in [1.29, 1.82) is 0 Å². The lowest BCUT2D eigenvalue weighted by Crippen LogP contribution is -2.04. The van der Waals surface area contributed by atoms with Gasteiger partial charge < -0.3 is 10.2 Å². The number of phenols is 1. The van der Waals surface area contributed by atoms with Gasteiger partial charge >= 0.3 is 5.97 Å². The SMILES string of the molecule is Cc1ccc(Cl)c(C(C)CC(=O)O)c1O. The molecule has 0 aliphatic rings. The first-order valence-electron chi connectivity index (χ1n) is 4.63. The van der Waals surface area contributed by atoms with Crippen LogP contribution in [0.2, 0.25) is 5.02 Å². The van der Waals surface area contributed by atoms with Crippen LogP contribution in [-0.2, 0) is 4.79 Å². The van der Waals surface area contributed by atoms with E-state index in [4.69, 9.17) is 16.7 Å². The third-order valence-corrected chi connectivity index (χ3v) is 2.67. The molecule has 0 bridgehead atoms. The van der Waals surface area contributed by atoms with Crippen molar-refractivity contribution in [2.45, 2.75) is 26.2 Å². The maximum absolute atomic E-state index is 10.6. The lowest BCUT2D eigenvalue weighted by atomic mass is 9.95. The van der Waals surface area contributed by atoms with E-state index >= 15 is 0 Å². The second-order valence-corrected chi connectivity index (χ2v) is 4.03. The van der Waals surface area contributed by atoms with Crippen LogP contribution in [0, 0.1) is 6.92 Å². The van der Waals surface area contributed by atoms with Gasteiger partial charge in [0, 0.05) is 10.6 Å². The number of halogens is 1. The summed E-state index contributed by atoms with van der Waals surface area (Å²) in [6.45, 7) is 3.48. The van der Waals surface area contributed by atoms with Crippen LogP contribution in [0.1, 0.15) is 30.4 Å². The van der Waals surface area contributed by atoms with E-state index in [1.165, 1.54) is 0 Å². The molecule has 0 fully saturated rings. The Morgan fingerprint density at radius 1 is 1.53 bits per heavy atom. The van der Waals surface area contributed by atoms with Crippen LogP contribution < -0.4 is 0 Å². The van der Waals surface area contributed by atoms with Crippen LogP contribution in [0.25, 0.3) is 0 Å². The van der Waals surface area contributed by atoms with Crippen LogP contribution in [0.4, 0.5) is 0 Å². The Labute approximate surface area is 93.3 Å². The largest absolute Gasteiger partial charge is 0.507 e. The molecule has 0 radical (unpaired) electrons. The molecule has 0 amide bonds. The van der Waals surface area contributed by atoms with E-state index in [1.54, 1.807) is 26.0 Å². The number of carboxylic acid groups (broad SMARTS) is 1. The number of aliphatic carboxylic acids is 1. The van der Waals surface area contributed by atoms with Gasteiger partial charge in [0.15, 0.2) is 0 Å². The summed E-state index contributed by atoms with van der Waals surface area (Å²) in [7, 11) is 0. The predicted molar refractivity (Wildman–Crippen MR) is 58.5 cm³/mol. The normalized spacial score (nSPS) is 12.5. The lowest BCUT2D eigenvalue weighted by molar-refractivity contribution is -0.137. The van der Waals surface area contributed by atoms with E-state index in [1.807, 2.05) is 0 Å². The summed E-state index contributed by atoms with van der Waals surface area (Å²) < 4.78 is 0. The summed E-state index contributed by atoms with van der Waals surface area (Å²) in [6, 6.07) is 3.37. The molecule has 1 aromatic carbocycles. The number of aryl methyl sites for hydroxylation is 1. The van der Waals surface area contributed by atoms with Crippen LogP contribution in [0.5, 0.6) is 5.75 Å². The van der Waals surface area contributed by atoms with Crippen molar-refractivity contribution < 1.29 is 15.0 Å². The molecule has 1 aromatic rings. The summed E-state index contributed by atoms with van der Waals surface area (Å²) in [6.07, 6.45) is -0.0449. The van der Waals surface area contributed by atoms with E-state index < -0.39 is 5.97 Å². The van der Waals surface area contributed by atoms with Crippen LogP contribution in [0.15, 0.2) is 12.1 Å². The quantitative estimate of drug-likeness (QED) is 0.836. The maximum atomic E-state index is 10.6. The highest BCUT2D eigenvalue weighted by molar-refractivity contribution is 6.31. The zero-order chi connectivity index (χ0) is 11.6. The molecule has 3 nitrogen and oxygen atoms in total. The molecule has 1 rings (SSSR count). The smallest absolute Gasteiger partial charge is 0.303 e. The highest BCUT2D eigenvalue weighted by Gasteiger charge is 2.18. The molecule has 4 heteroatoms. The van der Waals surface area contributed by atoms with Gasteiger partial charge in [-0.25, -0.2) is 0 Å². The Hall–Kier alpha value is -1.22. The number of carbonyl (C=O) groups is 1. The zero-order valence-corrected chi connectivity index (χ0v) is 9.38. The molecule has 2 N–H and O–H groups in total. The number of aromatic hydroxyl groups is 1. The first-order chi connectivity index (χ1) is 6.93. The third kappa shape index (κ3) is 2.63. The Kier molecular flexibility index (Phi) is 3.58. The Morgan fingerprint density at radius 2 is 2.13 bits per heavy atom. The molecule has 0 aliphatic heterocycles. The van der Waals surface area contributed by atoms with Crippen molar-refractivity contribution in [2.75, 3.05) is 0 Å². The minimum Gasteiger partial charge on any atom is -0.507 e. The van der Waals surface area contributed by atoms with Gasteiger partial charge in [-0.05, 0) is 24.5 Å². The van der Waals surface area contributed by atoms with Crippen LogP contribution >= 0.6 is 11.6 Å². The van der Waals surface area contributed by atoms with Gasteiger partial charge in [0.05, 0.1) is 6.42 Å². The molecule has 15 heavy (non-hydrogen) atoms. The van der Waals surface area contributed by atoms with Crippen LogP contribution in [0.3, 0.4) is 0 Å². The minimum absolute atomic E-state index is 0.0449. The summed E-state index contributed by atoms with van der Waals surface area (Å²) in [5.41, 5.74) is 1.21. The average Bonchev–Trinajstić information content (AvgIpc) is 2.11. The fraction of sp³-hybridized carbons (Fsp3) is 0.364. The average molecular weight is 229 g/mol. The summed E-state index contributed by atoms with van der Waals surface area (Å²) in [4.78, 5) is 10.6. The van der Waals surface area contributed by atoms with Crippen molar-refractivity contribution >= 4 is 17.6 Å². The van der Waals surface area contributed by atoms with Crippen molar-refractivity contribution in [3.05, 3.63) is 28.3 Å². The highest BCUT2D eigenvalue weighted by atomic mass is 35.5. The topological polar surface area (TPSA) is 57.5 Å². The number of benzene rings is 1. The number of carboxylic acids is 1. The van der Waals surface area contributed by atoms with Crippen LogP contribution in [-0.4, -0.2) is 16.2 Å². The van der Waals surface area contributed by atoms with E-state index in [9.17, 15) is 9.90 Å². The Bertz CT molecular complexity index is 388. The summed E-state index contributed by atoms with van der Waals surface area (Å²) >= 11 is 5.93. The number of phenolic OH excluding ortho intramolecular Hbond substituents is 1. The standard InChI is InChI=1S/C11H13ClO3/c1-6-3-4-8(12)10(11(6)15)7(2)5-9(13)14/h3-4,7,15H,5H2,1-2H3,(H,13,14). The monoisotopic (exact) mass is 228 g/mol. The molecular weight excluding hydrogens is 216 g/mol. The van der Waals surface area contributed by atoms with E-state index in [2.05, 4.69) is 0 Å². The highest BCUT2D eigenvalue weighted by Crippen LogP contribution is 2.36. The molecule has 82 valence electrons. The van der Waals surface area contributed by atoms with Crippen molar-refractivity contribution in [3.63, 3.8) is 0 Å². The fourth-order valence-electron chi connectivity index (χ4n) is 1.53. The molecule has 0 heterocycles. The molecule has 0 aliphatic carbocycles. The Balaban J connectivity index is 3.12. The second kappa shape index (κ2) is 4.53. The van der Waals surface area contributed by atoms with E-state index in [-0.39, 0.29) is 18.1 Å². The molecule has 0 aromatic heterocycles. The van der Waals surface area contributed by atoms with E-state index in [0.717, 1.165) is 0 Å². The van der Waals surface area contributed by atoms with E-state index in [0.29, 0.717) is 16.1 Å². The summed E-state index contributed by atoms with van der Waals surface area (Å²) in [5.74, 6) is -1.11. The molecule has 0 saturated carbocycles. The molecular formula is C11H13ClO3. The van der Waals surface area contributed by atoms with Gasteiger partial charge in [0.2, 0.25) is 0 Å². The third-order valence-electron chi connectivity index (χ3n) is 2.34. The maximum Gasteiger partial charge on any atom is 0.303 e. The predicted octanol–water partition coefficient (Wildman–Crippen LogP) is 2.93. The fourth-order valence-corrected chi connectivity index (χ4v) is 1.86. The second-order valence-electron chi connectivity index (χ2n) is 3.63. The molecule has 1 unspecified atom stereocenters. The van der Waals surface area contributed by atoms with Gasteiger partial charge in [-0.3, -0.25) is 4.79 Å².